The molecular weight excluding hydrogens is 469 g/mol. The summed E-state index contributed by atoms with van der Waals surface area (Å²) in [6.07, 6.45) is 4.72. The fraction of sp³-hybridized carbons (Fsp3) is 0.519. The number of halogens is 2. The van der Waals surface area contributed by atoms with Crippen molar-refractivity contribution in [3.05, 3.63) is 64.8 Å². The van der Waals surface area contributed by atoms with Crippen molar-refractivity contribution in [1.82, 2.24) is 15.0 Å². The highest BCUT2D eigenvalue weighted by Crippen LogP contribution is 2.30. The summed E-state index contributed by atoms with van der Waals surface area (Å²) in [5, 5.41) is 5.67. The second-order valence-corrected chi connectivity index (χ2v) is 9.33. The number of benzene rings is 2. The molecule has 3 aromatic rings. The van der Waals surface area contributed by atoms with Crippen LogP contribution < -0.4 is 0 Å². The summed E-state index contributed by atoms with van der Waals surface area (Å²) in [6.45, 7) is 7.63. The summed E-state index contributed by atoms with van der Waals surface area (Å²) >= 11 is 0. The van der Waals surface area contributed by atoms with Crippen LogP contribution in [0.2, 0.25) is 0 Å². The first-order valence-electron chi connectivity index (χ1n) is 12.0. The Morgan fingerprint density at radius 2 is 1.79 bits per heavy atom. The van der Waals surface area contributed by atoms with Crippen LogP contribution in [0.25, 0.3) is 11.0 Å². The topological polar surface area (TPSA) is 41.7 Å². The Bertz CT molecular complexity index is 986. The molecule has 0 atom stereocenters. The van der Waals surface area contributed by atoms with E-state index in [4.69, 9.17) is 9.26 Å². The molecule has 1 aliphatic heterocycles. The molecule has 1 aromatic heterocycles. The molecule has 0 amide bonds. The number of likely N-dealkylation sites (tertiary alicyclic amines) is 1. The Kier molecular flexibility index (Phi) is 11.8. The molecule has 5 nitrogen and oxygen atoms in total. The molecule has 0 N–H and O–H groups in total. The van der Waals surface area contributed by atoms with Crippen LogP contribution in [-0.4, -0.2) is 48.7 Å². The third kappa shape index (κ3) is 7.43. The van der Waals surface area contributed by atoms with Crippen LogP contribution >= 0.6 is 24.8 Å². The molecule has 0 unspecified atom stereocenters. The second-order valence-electron chi connectivity index (χ2n) is 9.33. The lowest BCUT2D eigenvalue weighted by Gasteiger charge is -2.32. The SMILES string of the molecule is CCOCc1ccc2c(CCC3CCN(Cc4ccccc4)CC3)noc2c1CN(C)C.Cl.Cl. The maximum Gasteiger partial charge on any atom is 0.171 e. The lowest BCUT2D eigenvalue weighted by Crippen LogP contribution is -2.33. The van der Waals surface area contributed by atoms with Gasteiger partial charge in [0.1, 0.15) is 0 Å². The Morgan fingerprint density at radius 3 is 2.47 bits per heavy atom. The van der Waals surface area contributed by atoms with E-state index in [1.165, 1.54) is 54.4 Å². The minimum absolute atomic E-state index is 0. The largest absolute Gasteiger partial charge is 0.377 e. The Morgan fingerprint density at radius 1 is 1.06 bits per heavy atom. The van der Waals surface area contributed by atoms with Crippen molar-refractivity contribution in [2.24, 2.45) is 5.92 Å². The maximum absolute atomic E-state index is 5.88. The predicted octanol–water partition coefficient (Wildman–Crippen LogP) is 6.11. The van der Waals surface area contributed by atoms with Crippen LogP contribution in [0.3, 0.4) is 0 Å². The van der Waals surface area contributed by atoms with Crippen molar-refractivity contribution in [2.45, 2.75) is 52.3 Å². The Hall–Kier alpha value is -1.63. The number of rotatable bonds is 10. The number of aryl methyl sites for hydroxylation is 1. The minimum Gasteiger partial charge on any atom is -0.377 e. The molecule has 0 aliphatic carbocycles. The molecule has 0 radical (unpaired) electrons. The summed E-state index contributed by atoms with van der Waals surface area (Å²) in [5.74, 6) is 0.771. The third-order valence-corrected chi connectivity index (χ3v) is 6.60. The number of hydrogen-bond donors (Lipinski definition) is 0. The highest BCUT2D eigenvalue weighted by Gasteiger charge is 2.21. The zero-order valence-corrected chi connectivity index (χ0v) is 22.3. The summed E-state index contributed by atoms with van der Waals surface area (Å²) in [4.78, 5) is 4.76. The van der Waals surface area contributed by atoms with Crippen LogP contribution in [0, 0.1) is 5.92 Å². The molecule has 2 aromatic carbocycles. The zero-order valence-electron chi connectivity index (χ0n) is 20.7. The molecule has 0 saturated carbocycles. The Balaban J connectivity index is 0.00000204. The smallest absolute Gasteiger partial charge is 0.171 e. The van der Waals surface area contributed by atoms with Gasteiger partial charge in [-0.2, -0.15) is 0 Å². The van der Waals surface area contributed by atoms with E-state index in [1.54, 1.807) is 0 Å². The van der Waals surface area contributed by atoms with Crippen LogP contribution in [0.5, 0.6) is 0 Å². The average molecular weight is 509 g/mol. The molecule has 4 rings (SSSR count). The molecule has 0 bridgehead atoms. The normalized spacial score (nSPS) is 14.8. The van der Waals surface area contributed by atoms with E-state index in [9.17, 15) is 0 Å². The lowest BCUT2D eigenvalue weighted by atomic mass is 9.90. The van der Waals surface area contributed by atoms with E-state index >= 15 is 0 Å². The molecule has 7 heteroatoms. The van der Waals surface area contributed by atoms with Gasteiger partial charge in [0, 0.05) is 30.6 Å². The van der Waals surface area contributed by atoms with Crippen molar-refractivity contribution < 1.29 is 9.26 Å². The van der Waals surface area contributed by atoms with E-state index in [0.29, 0.717) is 13.2 Å². The fourth-order valence-electron chi connectivity index (χ4n) is 4.78. The lowest BCUT2D eigenvalue weighted by molar-refractivity contribution is 0.133. The van der Waals surface area contributed by atoms with Gasteiger partial charge >= 0.3 is 0 Å². The maximum atomic E-state index is 5.88. The first-order chi connectivity index (χ1) is 15.6. The zero-order chi connectivity index (χ0) is 22.3. The molecular formula is C27H39Cl2N3O2. The fourth-order valence-corrected chi connectivity index (χ4v) is 4.78. The van der Waals surface area contributed by atoms with Gasteiger partial charge in [-0.1, -0.05) is 41.6 Å². The van der Waals surface area contributed by atoms with Crippen molar-refractivity contribution in [1.29, 1.82) is 0 Å². The number of piperidine rings is 1. The standard InChI is InChI=1S/C27H37N3O2.2ClH/c1-4-31-20-23-11-12-24-26(28-32-27(24)25(23)19-29(2)3)13-10-21-14-16-30(17-15-21)18-22-8-6-5-7-9-22;;/h5-9,11-12,21H,4,10,13-20H2,1-3H3;2*1H. The van der Waals surface area contributed by atoms with Crippen molar-refractivity contribution >= 4 is 35.8 Å². The second kappa shape index (κ2) is 14.1. The summed E-state index contributed by atoms with van der Waals surface area (Å²) in [7, 11) is 4.18. The van der Waals surface area contributed by atoms with Gasteiger partial charge < -0.3 is 14.2 Å². The number of hydrogen-bond acceptors (Lipinski definition) is 5. The number of ether oxygens (including phenoxy) is 1. The highest BCUT2D eigenvalue weighted by atomic mass is 35.5. The molecule has 0 spiro atoms. The van der Waals surface area contributed by atoms with Gasteiger partial charge in [0.05, 0.1) is 12.3 Å². The summed E-state index contributed by atoms with van der Waals surface area (Å²) < 4.78 is 11.6. The van der Waals surface area contributed by atoms with Gasteiger partial charge in [-0.05, 0) is 82.9 Å². The first-order valence-corrected chi connectivity index (χ1v) is 12.0. The van der Waals surface area contributed by atoms with E-state index < -0.39 is 0 Å². The van der Waals surface area contributed by atoms with Gasteiger partial charge in [-0.3, -0.25) is 4.90 Å². The quantitative estimate of drug-likeness (QED) is 0.330. The molecule has 1 aliphatic rings. The highest BCUT2D eigenvalue weighted by molar-refractivity contribution is 5.85. The van der Waals surface area contributed by atoms with E-state index in [1.807, 2.05) is 6.92 Å². The van der Waals surface area contributed by atoms with E-state index in [2.05, 4.69) is 71.5 Å². The molecule has 1 fully saturated rings. The minimum atomic E-state index is 0. The van der Waals surface area contributed by atoms with Gasteiger partial charge in [-0.15, -0.1) is 24.8 Å². The van der Waals surface area contributed by atoms with Crippen molar-refractivity contribution in [2.75, 3.05) is 33.8 Å². The third-order valence-electron chi connectivity index (χ3n) is 6.60. The van der Waals surface area contributed by atoms with E-state index in [-0.39, 0.29) is 24.8 Å². The van der Waals surface area contributed by atoms with Crippen LogP contribution in [0.15, 0.2) is 47.0 Å². The number of fused-ring (bicyclic) bond motifs is 1. The molecule has 188 valence electrons. The van der Waals surface area contributed by atoms with E-state index in [0.717, 1.165) is 36.7 Å². The van der Waals surface area contributed by atoms with Crippen molar-refractivity contribution in [3.63, 3.8) is 0 Å². The van der Waals surface area contributed by atoms with Gasteiger partial charge in [0.2, 0.25) is 0 Å². The molecule has 2 heterocycles. The Labute approximate surface area is 216 Å². The van der Waals surface area contributed by atoms with Crippen LogP contribution in [0.4, 0.5) is 0 Å². The number of nitrogens with zero attached hydrogens (tertiary/aromatic N) is 3. The van der Waals surface area contributed by atoms with Gasteiger partial charge in [-0.25, -0.2) is 0 Å². The summed E-state index contributed by atoms with van der Waals surface area (Å²) in [5.41, 5.74) is 5.85. The predicted molar refractivity (Wildman–Crippen MR) is 144 cm³/mol. The monoisotopic (exact) mass is 507 g/mol. The van der Waals surface area contributed by atoms with Gasteiger partial charge in [0.15, 0.2) is 5.58 Å². The van der Waals surface area contributed by atoms with Gasteiger partial charge in [0.25, 0.3) is 0 Å². The number of aromatic nitrogens is 1. The van der Waals surface area contributed by atoms with Crippen LogP contribution in [-0.2, 0) is 30.9 Å². The first kappa shape index (κ1) is 28.6. The van der Waals surface area contributed by atoms with Crippen LogP contribution in [0.1, 0.15) is 48.6 Å². The van der Waals surface area contributed by atoms with Crippen molar-refractivity contribution in [3.8, 4) is 0 Å². The molecule has 34 heavy (non-hydrogen) atoms. The molecule has 1 saturated heterocycles. The average Bonchev–Trinajstić information content (AvgIpc) is 3.22. The summed E-state index contributed by atoms with van der Waals surface area (Å²) in [6, 6.07) is 15.2.